The predicted octanol–water partition coefficient (Wildman–Crippen LogP) is 1.11. The fraction of sp³-hybridized carbons (Fsp3) is 0.846. The zero-order valence-corrected chi connectivity index (χ0v) is 11.3. The Hall–Kier alpha value is -1.30. The SMILES string of the molecule is CC1(NC(=O)NCC2(C(=O)O)CCC2)CCCOC1. The van der Waals surface area contributed by atoms with E-state index in [1.165, 1.54) is 0 Å². The number of urea groups is 1. The van der Waals surface area contributed by atoms with E-state index in [2.05, 4.69) is 10.6 Å². The molecule has 6 nitrogen and oxygen atoms in total. The third-order valence-electron chi connectivity index (χ3n) is 4.20. The lowest BCUT2D eigenvalue weighted by Crippen LogP contribution is -2.57. The summed E-state index contributed by atoms with van der Waals surface area (Å²) in [5, 5.41) is 14.8. The van der Waals surface area contributed by atoms with Crippen LogP contribution in [0, 0.1) is 5.41 Å². The van der Waals surface area contributed by atoms with Gasteiger partial charge in [-0.25, -0.2) is 4.79 Å². The van der Waals surface area contributed by atoms with Gasteiger partial charge in [-0.3, -0.25) is 4.79 Å². The number of ether oxygens (including phenoxy) is 1. The zero-order chi connectivity index (χ0) is 13.9. The largest absolute Gasteiger partial charge is 0.481 e. The molecule has 6 heteroatoms. The normalized spacial score (nSPS) is 29.1. The van der Waals surface area contributed by atoms with E-state index in [1.807, 2.05) is 6.92 Å². The Morgan fingerprint density at radius 2 is 2.00 bits per heavy atom. The van der Waals surface area contributed by atoms with Crippen molar-refractivity contribution >= 4 is 12.0 Å². The van der Waals surface area contributed by atoms with Gasteiger partial charge in [0.25, 0.3) is 0 Å². The summed E-state index contributed by atoms with van der Waals surface area (Å²) < 4.78 is 5.37. The first-order valence-corrected chi connectivity index (χ1v) is 6.83. The van der Waals surface area contributed by atoms with Crippen molar-refractivity contribution in [3.05, 3.63) is 0 Å². The van der Waals surface area contributed by atoms with E-state index in [0.717, 1.165) is 25.9 Å². The lowest BCUT2D eigenvalue weighted by molar-refractivity contribution is -0.153. The van der Waals surface area contributed by atoms with E-state index in [-0.39, 0.29) is 18.1 Å². The maximum absolute atomic E-state index is 11.9. The Labute approximate surface area is 112 Å². The number of carbonyl (C=O) groups excluding carboxylic acids is 1. The van der Waals surface area contributed by atoms with Crippen molar-refractivity contribution in [3.63, 3.8) is 0 Å². The third kappa shape index (κ3) is 3.18. The van der Waals surface area contributed by atoms with E-state index in [4.69, 9.17) is 4.74 Å². The van der Waals surface area contributed by atoms with Crippen molar-refractivity contribution in [1.29, 1.82) is 0 Å². The maximum Gasteiger partial charge on any atom is 0.315 e. The van der Waals surface area contributed by atoms with Crippen molar-refractivity contribution in [1.82, 2.24) is 10.6 Å². The molecular formula is C13H22N2O4. The van der Waals surface area contributed by atoms with Gasteiger partial charge in [0.05, 0.1) is 17.6 Å². The number of hydrogen-bond donors (Lipinski definition) is 3. The Kier molecular flexibility index (Phi) is 3.99. The molecule has 0 aromatic rings. The number of rotatable bonds is 4. The first kappa shape index (κ1) is 14.1. The summed E-state index contributed by atoms with van der Waals surface area (Å²) in [7, 11) is 0. The van der Waals surface area contributed by atoms with Gasteiger partial charge in [0.15, 0.2) is 0 Å². The first-order chi connectivity index (χ1) is 8.96. The third-order valence-corrected chi connectivity index (χ3v) is 4.20. The lowest BCUT2D eigenvalue weighted by Gasteiger charge is -2.38. The predicted molar refractivity (Wildman–Crippen MR) is 68.9 cm³/mol. The molecule has 2 rings (SSSR count). The van der Waals surface area contributed by atoms with Crippen molar-refractivity contribution in [2.24, 2.45) is 5.41 Å². The molecule has 19 heavy (non-hydrogen) atoms. The fourth-order valence-electron chi connectivity index (χ4n) is 2.67. The lowest BCUT2D eigenvalue weighted by atomic mass is 9.69. The summed E-state index contributed by atoms with van der Waals surface area (Å²) >= 11 is 0. The van der Waals surface area contributed by atoms with Gasteiger partial charge in [-0.2, -0.15) is 0 Å². The maximum atomic E-state index is 11.9. The second-order valence-corrected chi connectivity index (χ2v) is 5.96. The van der Waals surface area contributed by atoms with Crippen LogP contribution in [0.1, 0.15) is 39.0 Å². The fourth-order valence-corrected chi connectivity index (χ4v) is 2.67. The van der Waals surface area contributed by atoms with Gasteiger partial charge in [-0.05, 0) is 32.6 Å². The second kappa shape index (κ2) is 5.36. The smallest absolute Gasteiger partial charge is 0.315 e. The average Bonchev–Trinajstić information content (AvgIpc) is 2.27. The van der Waals surface area contributed by atoms with Crippen LogP contribution in [0.25, 0.3) is 0 Å². The molecule has 2 fully saturated rings. The van der Waals surface area contributed by atoms with E-state index >= 15 is 0 Å². The summed E-state index contributed by atoms with van der Waals surface area (Å²) in [6.07, 6.45) is 4.01. The number of hydrogen-bond acceptors (Lipinski definition) is 3. The van der Waals surface area contributed by atoms with Crippen LogP contribution >= 0.6 is 0 Å². The number of nitrogens with one attached hydrogen (secondary N) is 2. The molecule has 1 aliphatic carbocycles. The van der Waals surface area contributed by atoms with Crippen molar-refractivity contribution in [2.45, 2.75) is 44.6 Å². The van der Waals surface area contributed by atoms with Crippen molar-refractivity contribution in [3.8, 4) is 0 Å². The molecule has 1 unspecified atom stereocenters. The van der Waals surface area contributed by atoms with Crippen LogP contribution in [0.15, 0.2) is 0 Å². The summed E-state index contributed by atoms with van der Waals surface area (Å²) in [5.74, 6) is -0.814. The van der Waals surface area contributed by atoms with Gasteiger partial charge in [0, 0.05) is 13.2 Å². The number of amides is 2. The van der Waals surface area contributed by atoms with E-state index in [1.54, 1.807) is 0 Å². The molecule has 2 aliphatic rings. The minimum absolute atomic E-state index is 0.200. The Morgan fingerprint density at radius 1 is 1.26 bits per heavy atom. The van der Waals surface area contributed by atoms with Crippen molar-refractivity contribution < 1.29 is 19.4 Å². The standard InChI is InChI=1S/C13H22N2O4/c1-12(4-3-7-19-9-12)15-11(18)14-8-13(10(16)17)5-2-6-13/h2-9H2,1H3,(H,16,17)(H2,14,15,18). The monoisotopic (exact) mass is 270 g/mol. The molecule has 0 spiro atoms. The van der Waals surface area contributed by atoms with Crippen LogP contribution in [0.5, 0.6) is 0 Å². The molecule has 1 atom stereocenters. The minimum atomic E-state index is -0.814. The van der Waals surface area contributed by atoms with Gasteiger partial charge in [-0.1, -0.05) is 6.42 Å². The average molecular weight is 270 g/mol. The summed E-state index contributed by atoms with van der Waals surface area (Å²) in [6.45, 7) is 3.39. The quantitative estimate of drug-likeness (QED) is 0.714. The van der Waals surface area contributed by atoms with Crippen molar-refractivity contribution in [2.75, 3.05) is 19.8 Å². The molecule has 0 bridgehead atoms. The highest BCUT2D eigenvalue weighted by Gasteiger charge is 2.44. The molecule has 1 heterocycles. The summed E-state index contributed by atoms with van der Waals surface area (Å²) in [5.41, 5.74) is -1.10. The molecule has 0 aromatic heterocycles. The number of aliphatic carboxylic acids is 1. The molecule has 1 saturated heterocycles. The molecule has 0 radical (unpaired) electrons. The van der Waals surface area contributed by atoms with E-state index in [0.29, 0.717) is 19.4 Å². The van der Waals surface area contributed by atoms with Gasteiger partial charge in [0.2, 0.25) is 0 Å². The van der Waals surface area contributed by atoms with Crippen LogP contribution in [0.3, 0.4) is 0 Å². The van der Waals surface area contributed by atoms with Crippen LogP contribution in [0.2, 0.25) is 0 Å². The molecule has 2 amide bonds. The topological polar surface area (TPSA) is 87.7 Å². The number of carbonyl (C=O) groups is 2. The number of carboxylic acids is 1. The van der Waals surface area contributed by atoms with Gasteiger partial charge in [-0.15, -0.1) is 0 Å². The van der Waals surface area contributed by atoms with Gasteiger partial charge in [0.1, 0.15) is 0 Å². The van der Waals surface area contributed by atoms with E-state index < -0.39 is 11.4 Å². The minimum Gasteiger partial charge on any atom is -0.481 e. The zero-order valence-electron chi connectivity index (χ0n) is 11.3. The Balaban J connectivity index is 1.79. The molecule has 108 valence electrons. The molecular weight excluding hydrogens is 248 g/mol. The molecule has 0 aromatic carbocycles. The van der Waals surface area contributed by atoms with Crippen LogP contribution in [-0.4, -0.2) is 42.4 Å². The Bertz CT molecular complexity index is 360. The van der Waals surface area contributed by atoms with E-state index in [9.17, 15) is 14.7 Å². The highest BCUT2D eigenvalue weighted by molar-refractivity contribution is 5.79. The highest BCUT2D eigenvalue weighted by atomic mass is 16.5. The van der Waals surface area contributed by atoms with Crippen LogP contribution in [0.4, 0.5) is 4.79 Å². The molecule has 1 aliphatic heterocycles. The molecule has 3 N–H and O–H groups in total. The number of carboxylic acid groups (broad SMARTS) is 1. The summed E-state index contributed by atoms with van der Waals surface area (Å²) in [6, 6.07) is -0.305. The van der Waals surface area contributed by atoms with Crippen LogP contribution < -0.4 is 10.6 Å². The summed E-state index contributed by atoms with van der Waals surface area (Å²) in [4.78, 5) is 23.0. The van der Waals surface area contributed by atoms with Gasteiger partial charge >= 0.3 is 12.0 Å². The van der Waals surface area contributed by atoms with Gasteiger partial charge < -0.3 is 20.5 Å². The second-order valence-electron chi connectivity index (χ2n) is 5.96. The first-order valence-electron chi connectivity index (χ1n) is 6.83. The highest BCUT2D eigenvalue weighted by Crippen LogP contribution is 2.40. The Morgan fingerprint density at radius 3 is 2.47 bits per heavy atom. The van der Waals surface area contributed by atoms with Crippen LogP contribution in [-0.2, 0) is 9.53 Å². The molecule has 1 saturated carbocycles.